The summed E-state index contributed by atoms with van der Waals surface area (Å²) < 4.78 is 0. The van der Waals surface area contributed by atoms with Crippen molar-refractivity contribution < 1.29 is 4.79 Å². The summed E-state index contributed by atoms with van der Waals surface area (Å²) in [5.74, 6) is 0.783. The van der Waals surface area contributed by atoms with Crippen LogP contribution >= 0.6 is 12.4 Å². The average Bonchev–Trinajstić information content (AvgIpc) is 2.69. The van der Waals surface area contributed by atoms with Crippen LogP contribution in [0, 0.1) is 5.92 Å². The summed E-state index contributed by atoms with van der Waals surface area (Å²) in [6.07, 6.45) is 3.39. The lowest BCUT2D eigenvalue weighted by Crippen LogP contribution is -2.40. The van der Waals surface area contributed by atoms with Crippen LogP contribution in [0.5, 0.6) is 0 Å². The van der Waals surface area contributed by atoms with Crippen LogP contribution in [0.3, 0.4) is 0 Å². The maximum Gasteiger partial charge on any atom is 0.238 e. The molecule has 0 radical (unpaired) electrons. The molecule has 12 heavy (non-hydrogen) atoms. The van der Waals surface area contributed by atoms with Crippen molar-refractivity contribution in [2.75, 3.05) is 14.1 Å². The van der Waals surface area contributed by atoms with E-state index in [2.05, 4.69) is 0 Å². The van der Waals surface area contributed by atoms with E-state index < -0.39 is 0 Å². The first-order chi connectivity index (χ1) is 5.11. The predicted octanol–water partition coefficient (Wildman–Crippen LogP) is 0.624. The third-order valence-electron chi connectivity index (χ3n) is 2.04. The third-order valence-corrected chi connectivity index (χ3v) is 2.04. The van der Waals surface area contributed by atoms with Gasteiger partial charge in [-0.3, -0.25) is 4.79 Å². The Balaban J connectivity index is 0.00000121. The standard InChI is InChI=1S/C8H16N2O.ClH/c1-10(2)8(11)7(9)5-6-3-4-6;/h6-7H,3-5,9H2,1-2H3;1H. The molecule has 0 aliphatic heterocycles. The number of halogens is 1. The third kappa shape index (κ3) is 3.41. The number of nitrogens with zero attached hydrogens (tertiary/aromatic N) is 1. The summed E-state index contributed by atoms with van der Waals surface area (Å²) in [4.78, 5) is 12.8. The van der Waals surface area contributed by atoms with Crippen molar-refractivity contribution in [3.8, 4) is 0 Å². The highest BCUT2D eigenvalue weighted by Crippen LogP contribution is 2.33. The van der Waals surface area contributed by atoms with Gasteiger partial charge in [0, 0.05) is 14.1 Å². The Hall–Kier alpha value is -0.280. The molecular formula is C8H17ClN2O. The zero-order chi connectivity index (χ0) is 8.43. The summed E-state index contributed by atoms with van der Waals surface area (Å²) >= 11 is 0. The number of carbonyl (C=O) groups is 1. The second-order valence-corrected chi connectivity index (χ2v) is 3.52. The molecule has 72 valence electrons. The summed E-state index contributed by atoms with van der Waals surface area (Å²) in [7, 11) is 3.49. The highest BCUT2D eigenvalue weighted by Gasteiger charge is 2.27. The maximum absolute atomic E-state index is 11.2. The van der Waals surface area contributed by atoms with E-state index in [4.69, 9.17) is 5.73 Å². The van der Waals surface area contributed by atoms with Crippen LogP contribution in [0.15, 0.2) is 0 Å². The summed E-state index contributed by atoms with van der Waals surface area (Å²) in [6.45, 7) is 0. The molecule has 3 nitrogen and oxygen atoms in total. The van der Waals surface area contributed by atoms with E-state index in [-0.39, 0.29) is 24.4 Å². The van der Waals surface area contributed by atoms with Crippen molar-refractivity contribution in [3.05, 3.63) is 0 Å². The molecule has 0 aromatic heterocycles. The van der Waals surface area contributed by atoms with Crippen LogP contribution in [0.1, 0.15) is 19.3 Å². The number of nitrogens with two attached hydrogens (primary N) is 1. The Kier molecular flexibility index (Phi) is 4.57. The lowest BCUT2D eigenvalue weighted by molar-refractivity contribution is -0.130. The van der Waals surface area contributed by atoms with Gasteiger partial charge in [0.25, 0.3) is 0 Å². The highest BCUT2D eigenvalue weighted by molar-refractivity contribution is 5.85. The first-order valence-corrected chi connectivity index (χ1v) is 4.08. The van der Waals surface area contributed by atoms with Crippen molar-refractivity contribution in [2.24, 2.45) is 11.7 Å². The van der Waals surface area contributed by atoms with Gasteiger partial charge in [0.05, 0.1) is 6.04 Å². The fourth-order valence-electron chi connectivity index (χ4n) is 1.15. The molecule has 2 N–H and O–H groups in total. The van der Waals surface area contributed by atoms with E-state index in [9.17, 15) is 4.79 Å². The van der Waals surface area contributed by atoms with Crippen molar-refractivity contribution in [2.45, 2.75) is 25.3 Å². The highest BCUT2D eigenvalue weighted by atomic mass is 35.5. The molecule has 0 heterocycles. The van der Waals surface area contributed by atoms with Gasteiger partial charge in [-0.05, 0) is 12.3 Å². The van der Waals surface area contributed by atoms with Gasteiger partial charge < -0.3 is 10.6 Å². The summed E-state index contributed by atoms with van der Waals surface area (Å²) in [5.41, 5.74) is 5.67. The van der Waals surface area contributed by atoms with Gasteiger partial charge >= 0.3 is 0 Å². The van der Waals surface area contributed by atoms with E-state index in [1.807, 2.05) is 0 Å². The van der Waals surface area contributed by atoms with Gasteiger partial charge in [0.2, 0.25) is 5.91 Å². The molecule has 0 aromatic carbocycles. The number of hydrogen-bond acceptors (Lipinski definition) is 2. The van der Waals surface area contributed by atoms with E-state index in [1.54, 1.807) is 19.0 Å². The second-order valence-electron chi connectivity index (χ2n) is 3.52. The molecule has 0 spiro atoms. The normalized spacial score (nSPS) is 17.9. The number of hydrogen-bond donors (Lipinski definition) is 1. The lowest BCUT2D eigenvalue weighted by atomic mass is 10.1. The SMILES string of the molecule is CN(C)C(=O)C(N)CC1CC1.Cl. The van der Waals surface area contributed by atoms with Crippen molar-refractivity contribution >= 4 is 18.3 Å². The number of amides is 1. The molecule has 0 saturated heterocycles. The molecular weight excluding hydrogens is 176 g/mol. The molecule has 1 fully saturated rings. The summed E-state index contributed by atoms with van der Waals surface area (Å²) in [5, 5.41) is 0. The number of carbonyl (C=O) groups excluding carboxylic acids is 1. The van der Waals surface area contributed by atoms with E-state index in [0.29, 0.717) is 0 Å². The number of rotatable bonds is 3. The first kappa shape index (κ1) is 11.7. The molecule has 1 unspecified atom stereocenters. The van der Waals surface area contributed by atoms with Gasteiger partial charge in [-0.15, -0.1) is 12.4 Å². The van der Waals surface area contributed by atoms with Crippen LogP contribution in [-0.2, 0) is 4.79 Å². The zero-order valence-corrected chi connectivity index (χ0v) is 8.43. The first-order valence-electron chi connectivity index (χ1n) is 4.08. The Morgan fingerprint density at radius 1 is 1.58 bits per heavy atom. The Bertz CT molecular complexity index is 157. The van der Waals surface area contributed by atoms with Crippen molar-refractivity contribution in [1.82, 2.24) is 4.90 Å². The topological polar surface area (TPSA) is 46.3 Å². The molecule has 1 aliphatic rings. The summed E-state index contributed by atoms with van der Waals surface area (Å²) in [6, 6.07) is -0.266. The Labute approximate surface area is 79.7 Å². The van der Waals surface area contributed by atoms with Crippen LogP contribution < -0.4 is 5.73 Å². The molecule has 1 amide bonds. The lowest BCUT2D eigenvalue weighted by Gasteiger charge is -2.15. The smallest absolute Gasteiger partial charge is 0.238 e. The van der Waals surface area contributed by atoms with E-state index >= 15 is 0 Å². The van der Waals surface area contributed by atoms with Gasteiger partial charge in [0.15, 0.2) is 0 Å². The van der Waals surface area contributed by atoms with Crippen LogP contribution in [0.2, 0.25) is 0 Å². The largest absolute Gasteiger partial charge is 0.347 e. The fourth-order valence-corrected chi connectivity index (χ4v) is 1.15. The molecule has 1 aliphatic carbocycles. The van der Waals surface area contributed by atoms with Crippen LogP contribution in [-0.4, -0.2) is 30.9 Å². The molecule has 0 bridgehead atoms. The minimum atomic E-state index is -0.266. The minimum Gasteiger partial charge on any atom is -0.347 e. The van der Waals surface area contributed by atoms with Crippen LogP contribution in [0.25, 0.3) is 0 Å². The quantitative estimate of drug-likeness (QED) is 0.713. The minimum absolute atomic E-state index is 0. The molecule has 1 saturated carbocycles. The molecule has 1 atom stereocenters. The average molecular weight is 193 g/mol. The predicted molar refractivity (Wildman–Crippen MR) is 51.3 cm³/mol. The van der Waals surface area contributed by atoms with Gasteiger partial charge in [-0.2, -0.15) is 0 Å². The van der Waals surface area contributed by atoms with E-state index in [1.165, 1.54) is 12.8 Å². The second kappa shape index (κ2) is 4.67. The van der Waals surface area contributed by atoms with Gasteiger partial charge in [-0.1, -0.05) is 12.8 Å². The van der Waals surface area contributed by atoms with E-state index in [0.717, 1.165) is 12.3 Å². The molecule has 4 heteroatoms. The number of likely N-dealkylation sites (N-methyl/N-ethyl adjacent to an activating group) is 1. The van der Waals surface area contributed by atoms with Gasteiger partial charge in [0.1, 0.15) is 0 Å². The van der Waals surface area contributed by atoms with Crippen LogP contribution in [0.4, 0.5) is 0 Å². The Morgan fingerprint density at radius 2 is 2.08 bits per heavy atom. The zero-order valence-electron chi connectivity index (χ0n) is 7.62. The molecule has 0 aromatic rings. The Morgan fingerprint density at radius 3 is 2.42 bits per heavy atom. The van der Waals surface area contributed by atoms with Crippen molar-refractivity contribution in [3.63, 3.8) is 0 Å². The van der Waals surface area contributed by atoms with Gasteiger partial charge in [-0.25, -0.2) is 0 Å². The fraction of sp³-hybridized carbons (Fsp3) is 0.875. The maximum atomic E-state index is 11.2. The monoisotopic (exact) mass is 192 g/mol. The molecule has 1 rings (SSSR count). The van der Waals surface area contributed by atoms with Crippen molar-refractivity contribution in [1.29, 1.82) is 0 Å².